The van der Waals surface area contributed by atoms with Gasteiger partial charge in [-0.15, -0.1) is 0 Å². The predicted molar refractivity (Wildman–Crippen MR) is 79.9 cm³/mol. The highest BCUT2D eigenvalue weighted by Crippen LogP contribution is 2.34. The predicted octanol–water partition coefficient (Wildman–Crippen LogP) is 2.61. The zero-order valence-corrected chi connectivity index (χ0v) is 12.6. The average Bonchev–Trinajstić information content (AvgIpc) is 2.61. The van der Waals surface area contributed by atoms with E-state index in [1.807, 2.05) is 10.9 Å². The SMILES string of the molecule is CC(C)(C)C1CCCN(CCn2cc(N)cn2)CC1. The molecule has 0 aromatic carbocycles. The summed E-state index contributed by atoms with van der Waals surface area (Å²) in [6, 6.07) is 0. The summed E-state index contributed by atoms with van der Waals surface area (Å²) in [6.45, 7) is 11.6. The number of nitrogen functional groups attached to an aromatic ring is 1. The molecule has 1 fully saturated rings. The molecule has 2 N–H and O–H groups in total. The van der Waals surface area contributed by atoms with Gasteiger partial charge >= 0.3 is 0 Å². The van der Waals surface area contributed by atoms with Crippen LogP contribution in [0.15, 0.2) is 12.4 Å². The lowest BCUT2D eigenvalue weighted by atomic mass is 9.77. The highest BCUT2D eigenvalue weighted by Gasteiger charge is 2.26. The van der Waals surface area contributed by atoms with Crippen molar-refractivity contribution in [2.24, 2.45) is 11.3 Å². The number of nitrogens with zero attached hydrogens (tertiary/aromatic N) is 3. The Balaban J connectivity index is 1.80. The van der Waals surface area contributed by atoms with E-state index < -0.39 is 0 Å². The summed E-state index contributed by atoms with van der Waals surface area (Å²) < 4.78 is 1.95. The van der Waals surface area contributed by atoms with Crippen LogP contribution in [0.2, 0.25) is 0 Å². The van der Waals surface area contributed by atoms with Crippen molar-refractivity contribution in [1.29, 1.82) is 0 Å². The van der Waals surface area contributed by atoms with Gasteiger partial charge in [-0.1, -0.05) is 20.8 Å². The third-order valence-corrected chi connectivity index (χ3v) is 4.34. The van der Waals surface area contributed by atoms with E-state index in [0.29, 0.717) is 5.41 Å². The standard InChI is InChI=1S/C15H28N4/c1-15(2,3)13-5-4-7-18(8-6-13)9-10-19-12-14(16)11-17-19/h11-13H,4-10,16H2,1-3H3. The number of rotatable bonds is 3. The van der Waals surface area contributed by atoms with Crippen molar-refractivity contribution in [1.82, 2.24) is 14.7 Å². The van der Waals surface area contributed by atoms with Gasteiger partial charge in [0.15, 0.2) is 0 Å². The first-order chi connectivity index (χ1) is 8.95. The van der Waals surface area contributed by atoms with Crippen LogP contribution in [0.3, 0.4) is 0 Å². The second kappa shape index (κ2) is 5.95. The molecule has 0 saturated carbocycles. The van der Waals surface area contributed by atoms with E-state index in [1.54, 1.807) is 6.20 Å². The van der Waals surface area contributed by atoms with Gasteiger partial charge in [0.25, 0.3) is 0 Å². The minimum Gasteiger partial charge on any atom is -0.396 e. The van der Waals surface area contributed by atoms with Crippen LogP contribution in [0.4, 0.5) is 5.69 Å². The molecule has 1 saturated heterocycles. The molecule has 4 heteroatoms. The van der Waals surface area contributed by atoms with Crippen LogP contribution in [0.25, 0.3) is 0 Å². The first-order valence-electron chi connectivity index (χ1n) is 7.45. The highest BCUT2D eigenvalue weighted by atomic mass is 15.3. The molecule has 1 aromatic rings. The molecular formula is C15H28N4. The molecule has 0 amide bonds. The molecule has 1 unspecified atom stereocenters. The van der Waals surface area contributed by atoms with Gasteiger partial charge in [0, 0.05) is 12.7 Å². The smallest absolute Gasteiger partial charge is 0.0719 e. The minimum absolute atomic E-state index is 0.451. The fourth-order valence-corrected chi connectivity index (χ4v) is 2.99. The van der Waals surface area contributed by atoms with Crippen molar-refractivity contribution in [3.63, 3.8) is 0 Å². The lowest BCUT2D eigenvalue weighted by molar-refractivity contribution is 0.206. The molecule has 1 aliphatic rings. The molecule has 1 aliphatic heterocycles. The summed E-state index contributed by atoms with van der Waals surface area (Å²) in [5, 5.41) is 4.24. The van der Waals surface area contributed by atoms with Crippen molar-refractivity contribution in [2.75, 3.05) is 25.4 Å². The Bertz CT molecular complexity index is 391. The molecule has 1 aromatic heterocycles. The van der Waals surface area contributed by atoms with Crippen molar-refractivity contribution >= 4 is 5.69 Å². The number of anilines is 1. The van der Waals surface area contributed by atoms with E-state index in [4.69, 9.17) is 5.73 Å². The lowest BCUT2D eigenvalue weighted by Gasteiger charge is -2.29. The van der Waals surface area contributed by atoms with Crippen LogP contribution in [0, 0.1) is 11.3 Å². The van der Waals surface area contributed by atoms with Gasteiger partial charge in [-0.25, -0.2) is 0 Å². The molecule has 1 atom stereocenters. The van der Waals surface area contributed by atoms with Gasteiger partial charge in [0.05, 0.1) is 18.4 Å². The normalized spacial score (nSPS) is 22.4. The zero-order valence-electron chi connectivity index (χ0n) is 12.6. The molecular weight excluding hydrogens is 236 g/mol. The van der Waals surface area contributed by atoms with Crippen molar-refractivity contribution in [3.8, 4) is 0 Å². The number of nitrogens with two attached hydrogens (primary N) is 1. The minimum atomic E-state index is 0.451. The van der Waals surface area contributed by atoms with Gasteiger partial charge < -0.3 is 10.6 Å². The quantitative estimate of drug-likeness (QED) is 0.913. The number of aromatic nitrogens is 2. The van der Waals surface area contributed by atoms with Crippen molar-refractivity contribution in [3.05, 3.63) is 12.4 Å². The summed E-state index contributed by atoms with van der Waals surface area (Å²) in [5.41, 5.74) is 6.89. The Morgan fingerprint density at radius 1 is 1.26 bits per heavy atom. The van der Waals surface area contributed by atoms with Crippen molar-refractivity contribution < 1.29 is 0 Å². The summed E-state index contributed by atoms with van der Waals surface area (Å²) in [4.78, 5) is 2.57. The maximum absolute atomic E-state index is 5.68. The third kappa shape index (κ3) is 4.23. The van der Waals surface area contributed by atoms with Crippen LogP contribution in [0.1, 0.15) is 40.0 Å². The largest absolute Gasteiger partial charge is 0.396 e. The molecule has 0 spiro atoms. The monoisotopic (exact) mass is 264 g/mol. The van der Waals surface area contributed by atoms with E-state index in [1.165, 1.54) is 32.4 Å². The van der Waals surface area contributed by atoms with Gasteiger partial charge in [-0.05, 0) is 43.7 Å². The Labute approximate surface area is 117 Å². The van der Waals surface area contributed by atoms with Crippen LogP contribution in [-0.4, -0.2) is 34.3 Å². The highest BCUT2D eigenvalue weighted by molar-refractivity contribution is 5.30. The molecule has 0 radical (unpaired) electrons. The average molecular weight is 264 g/mol. The Kier molecular flexibility index (Phi) is 4.50. The first kappa shape index (κ1) is 14.4. The Morgan fingerprint density at radius 3 is 2.68 bits per heavy atom. The van der Waals surface area contributed by atoms with Crippen LogP contribution < -0.4 is 5.73 Å². The van der Waals surface area contributed by atoms with E-state index >= 15 is 0 Å². The van der Waals surface area contributed by atoms with E-state index in [0.717, 1.165) is 24.7 Å². The topological polar surface area (TPSA) is 47.1 Å². The summed E-state index contributed by atoms with van der Waals surface area (Å²) in [6.07, 6.45) is 7.65. The lowest BCUT2D eigenvalue weighted by Crippen LogP contribution is -2.29. The molecule has 108 valence electrons. The van der Waals surface area contributed by atoms with Crippen LogP contribution in [-0.2, 0) is 6.54 Å². The summed E-state index contributed by atoms with van der Waals surface area (Å²) in [7, 11) is 0. The Morgan fingerprint density at radius 2 is 2.05 bits per heavy atom. The molecule has 0 bridgehead atoms. The maximum atomic E-state index is 5.68. The van der Waals surface area contributed by atoms with Gasteiger partial charge in [0.2, 0.25) is 0 Å². The van der Waals surface area contributed by atoms with E-state index in [9.17, 15) is 0 Å². The maximum Gasteiger partial charge on any atom is 0.0719 e. The fraction of sp³-hybridized carbons (Fsp3) is 0.800. The molecule has 0 aliphatic carbocycles. The van der Waals surface area contributed by atoms with Gasteiger partial charge in [0.1, 0.15) is 0 Å². The van der Waals surface area contributed by atoms with Crippen LogP contribution in [0.5, 0.6) is 0 Å². The van der Waals surface area contributed by atoms with E-state index in [2.05, 4.69) is 30.8 Å². The number of hydrogen-bond acceptors (Lipinski definition) is 3. The number of hydrogen-bond donors (Lipinski definition) is 1. The summed E-state index contributed by atoms with van der Waals surface area (Å²) >= 11 is 0. The summed E-state index contributed by atoms with van der Waals surface area (Å²) in [5.74, 6) is 0.859. The van der Waals surface area contributed by atoms with Crippen molar-refractivity contribution in [2.45, 2.75) is 46.6 Å². The van der Waals surface area contributed by atoms with Crippen LogP contribution >= 0.6 is 0 Å². The first-order valence-corrected chi connectivity index (χ1v) is 7.45. The Hall–Kier alpha value is -1.03. The zero-order chi connectivity index (χ0) is 13.9. The molecule has 2 heterocycles. The molecule has 2 rings (SSSR count). The third-order valence-electron chi connectivity index (χ3n) is 4.34. The fourth-order valence-electron chi connectivity index (χ4n) is 2.99. The molecule has 4 nitrogen and oxygen atoms in total. The van der Waals surface area contributed by atoms with Gasteiger partial charge in [-0.3, -0.25) is 4.68 Å². The molecule has 19 heavy (non-hydrogen) atoms. The second-order valence-electron chi connectivity index (χ2n) is 6.87. The van der Waals surface area contributed by atoms with Gasteiger partial charge in [-0.2, -0.15) is 5.10 Å². The van der Waals surface area contributed by atoms with E-state index in [-0.39, 0.29) is 0 Å². The second-order valence-corrected chi connectivity index (χ2v) is 6.87. The number of likely N-dealkylation sites (tertiary alicyclic amines) is 1.